The summed E-state index contributed by atoms with van der Waals surface area (Å²) in [4.78, 5) is 2.47. The molecule has 1 aromatic carbocycles. The minimum Gasteiger partial charge on any atom is -0.377 e. The van der Waals surface area contributed by atoms with E-state index >= 15 is 0 Å². The third-order valence-corrected chi connectivity index (χ3v) is 4.19. The molecule has 1 saturated heterocycles. The van der Waals surface area contributed by atoms with Crippen LogP contribution in [-0.4, -0.2) is 57.0 Å². The Balaban J connectivity index is 2.12. The predicted octanol–water partition coefficient (Wildman–Crippen LogP) is 2.07. The van der Waals surface area contributed by atoms with Gasteiger partial charge < -0.3 is 14.8 Å². The quantitative estimate of drug-likeness (QED) is 0.834. The first kappa shape index (κ1) is 16.4. The molecule has 1 heterocycles. The van der Waals surface area contributed by atoms with Gasteiger partial charge in [0.2, 0.25) is 0 Å². The van der Waals surface area contributed by atoms with Gasteiger partial charge in [-0.3, -0.25) is 4.90 Å². The zero-order valence-electron chi connectivity index (χ0n) is 13.6. The van der Waals surface area contributed by atoms with E-state index < -0.39 is 0 Å². The van der Waals surface area contributed by atoms with E-state index in [-0.39, 0.29) is 12.2 Å². The number of hydrogen-bond donors (Lipinski definition) is 1. The maximum Gasteiger partial charge on any atom is 0.0972 e. The number of nitrogens with one attached hydrogen (secondary N) is 1. The van der Waals surface area contributed by atoms with E-state index in [1.807, 2.05) is 0 Å². The summed E-state index contributed by atoms with van der Waals surface area (Å²) in [6.07, 6.45) is 0.306. The van der Waals surface area contributed by atoms with Crippen molar-refractivity contribution in [2.45, 2.75) is 38.1 Å². The summed E-state index contributed by atoms with van der Waals surface area (Å²) < 4.78 is 11.1. The van der Waals surface area contributed by atoms with Crippen molar-refractivity contribution in [2.75, 3.05) is 33.9 Å². The van der Waals surface area contributed by atoms with Gasteiger partial charge >= 0.3 is 0 Å². The molecule has 0 saturated carbocycles. The fraction of sp³-hybridized carbons (Fsp3) is 0.647. The standard InChI is InChI=1S/C17H28N2O2/c1-13(2)18-10-15(14-8-6-5-7-9-14)19-11-16(20-3)17(12-19)21-4/h5-9,13,15-18H,10-12H2,1-4H3. The van der Waals surface area contributed by atoms with Gasteiger partial charge in [-0.25, -0.2) is 0 Å². The molecule has 0 bridgehead atoms. The molecule has 3 atom stereocenters. The van der Waals surface area contributed by atoms with Crippen molar-refractivity contribution in [3.05, 3.63) is 35.9 Å². The third-order valence-electron chi connectivity index (χ3n) is 4.19. The van der Waals surface area contributed by atoms with Gasteiger partial charge in [0.15, 0.2) is 0 Å². The molecule has 1 aromatic rings. The number of methoxy groups -OCH3 is 2. The lowest BCUT2D eigenvalue weighted by molar-refractivity contribution is -0.00461. The highest BCUT2D eigenvalue weighted by Gasteiger charge is 2.36. The molecular formula is C17H28N2O2. The van der Waals surface area contributed by atoms with Crippen LogP contribution in [0.5, 0.6) is 0 Å². The van der Waals surface area contributed by atoms with Gasteiger partial charge in [0.25, 0.3) is 0 Å². The fourth-order valence-electron chi connectivity index (χ4n) is 2.96. The van der Waals surface area contributed by atoms with E-state index in [0.717, 1.165) is 19.6 Å². The first-order valence-corrected chi connectivity index (χ1v) is 7.73. The lowest BCUT2D eigenvalue weighted by atomic mass is 10.1. The van der Waals surface area contributed by atoms with E-state index in [4.69, 9.17) is 9.47 Å². The molecule has 0 amide bonds. The lowest BCUT2D eigenvalue weighted by Gasteiger charge is -2.29. The Morgan fingerprint density at radius 2 is 1.67 bits per heavy atom. The molecule has 118 valence electrons. The largest absolute Gasteiger partial charge is 0.377 e. The van der Waals surface area contributed by atoms with Crippen molar-refractivity contribution in [3.8, 4) is 0 Å². The zero-order valence-corrected chi connectivity index (χ0v) is 13.6. The molecule has 1 aliphatic rings. The van der Waals surface area contributed by atoms with Gasteiger partial charge in [-0.2, -0.15) is 0 Å². The average molecular weight is 292 g/mol. The van der Waals surface area contributed by atoms with Crippen LogP contribution in [0.2, 0.25) is 0 Å². The van der Waals surface area contributed by atoms with E-state index in [1.165, 1.54) is 5.56 Å². The second-order valence-electron chi connectivity index (χ2n) is 5.99. The summed E-state index contributed by atoms with van der Waals surface area (Å²) in [5.41, 5.74) is 1.34. The van der Waals surface area contributed by atoms with Gasteiger partial charge in [-0.15, -0.1) is 0 Å². The Hall–Kier alpha value is -0.940. The second kappa shape index (κ2) is 7.90. The minimum absolute atomic E-state index is 0.153. The van der Waals surface area contributed by atoms with Crippen molar-refractivity contribution in [3.63, 3.8) is 0 Å². The highest BCUT2D eigenvalue weighted by molar-refractivity contribution is 5.20. The Bertz CT molecular complexity index is 399. The van der Waals surface area contributed by atoms with Crippen LogP contribution in [-0.2, 0) is 9.47 Å². The maximum atomic E-state index is 5.57. The number of benzene rings is 1. The maximum absolute atomic E-state index is 5.57. The van der Waals surface area contributed by atoms with Crippen LogP contribution in [0.1, 0.15) is 25.5 Å². The number of rotatable bonds is 7. The lowest BCUT2D eigenvalue weighted by Crippen LogP contribution is -2.37. The molecular weight excluding hydrogens is 264 g/mol. The van der Waals surface area contributed by atoms with E-state index in [2.05, 4.69) is 54.4 Å². The molecule has 4 heteroatoms. The molecule has 0 spiro atoms. The summed E-state index contributed by atoms with van der Waals surface area (Å²) in [5, 5.41) is 3.56. The summed E-state index contributed by atoms with van der Waals surface area (Å²) in [7, 11) is 3.54. The third kappa shape index (κ3) is 4.27. The number of nitrogens with zero attached hydrogens (tertiary/aromatic N) is 1. The molecule has 0 aliphatic carbocycles. The van der Waals surface area contributed by atoms with Crippen LogP contribution in [0, 0.1) is 0 Å². The Kier molecular flexibility index (Phi) is 6.18. The van der Waals surface area contributed by atoms with Crippen LogP contribution in [0.15, 0.2) is 30.3 Å². The zero-order chi connectivity index (χ0) is 15.2. The molecule has 2 rings (SSSR count). The Labute approximate surface area is 128 Å². The highest BCUT2D eigenvalue weighted by atomic mass is 16.5. The molecule has 0 aromatic heterocycles. The summed E-state index contributed by atoms with van der Waals surface area (Å²) in [6.45, 7) is 7.13. The monoisotopic (exact) mass is 292 g/mol. The normalized spacial score (nSPS) is 24.6. The number of likely N-dealkylation sites (tertiary alicyclic amines) is 1. The van der Waals surface area contributed by atoms with Crippen LogP contribution in [0.25, 0.3) is 0 Å². The Morgan fingerprint density at radius 1 is 1.10 bits per heavy atom. The van der Waals surface area contributed by atoms with Crippen molar-refractivity contribution >= 4 is 0 Å². The van der Waals surface area contributed by atoms with Gasteiger partial charge in [0.05, 0.1) is 12.2 Å². The number of ether oxygens (including phenoxy) is 2. The van der Waals surface area contributed by atoms with Crippen molar-refractivity contribution in [1.29, 1.82) is 0 Å². The molecule has 3 unspecified atom stereocenters. The van der Waals surface area contributed by atoms with E-state index in [1.54, 1.807) is 14.2 Å². The fourth-order valence-corrected chi connectivity index (χ4v) is 2.96. The van der Waals surface area contributed by atoms with E-state index in [9.17, 15) is 0 Å². The Morgan fingerprint density at radius 3 is 2.14 bits per heavy atom. The summed E-state index contributed by atoms with van der Waals surface area (Å²) in [6, 6.07) is 11.5. The molecule has 1 aliphatic heterocycles. The molecule has 1 fully saturated rings. The highest BCUT2D eigenvalue weighted by Crippen LogP contribution is 2.27. The van der Waals surface area contributed by atoms with Crippen LogP contribution < -0.4 is 5.32 Å². The second-order valence-corrected chi connectivity index (χ2v) is 5.99. The minimum atomic E-state index is 0.153. The topological polar surface area (TPSA) is 33.7 Å². The van der Waals surface area contributed by atoms with E-state index in [0.29, 0.717) is 12.1 Å². The molecule has 1 N–H and O–H groups in total. The van der Waals surface area contributed by atoms with Gasteiger partial charge in [-0.05, 0) is 5.56 Å². The first-order chi connectivity index (χ1) is 10.2. The molecule has 21 heavy (non-hydrogen) atoms. The van der Waals surface area contributed by atoms with Crippen molar-refractivity contribution < 1.29 is 9.47 Å². The van der Waals surface area contributed by atoms with Crippen LogP contribution >= 0.6 is 0 Å². The van der Waals surface area contributed by atoms with Crippen molar-refractivity contribution in [2.24, 2.45) is 0 Å². The summed E-state index contributed by atoms with van der Waals surface area (Å²) >= 11 is 0. The molecule has 0 radical (unpaired) electrons. The van der Waals surface area contributed by atoms with Gasteiger partial charge in [-0.1, -0.05) is 44.2 Å². The number of hydrogen-bond acceptors (Lipinski definition) is 4. The van der Waals surface area contributed by atoms with Crippen LogP contribution in [0.3, 0.4) is 0 Å². The molecule has 4 nitrogen and oxygen atoms in total. The smallest absolute Gasteiger partial charge is 0.0972 e. The predicted molar refractivity (Wildman–Crippen MR) is 85.5 cm³/mol. The summed E-state index contributed by atoms with van der Waals surface area (Å²) in [5.74, 6) is 0. The van der Waals surface area contributed by atoms with Crippen molar-refractivity contribution in [1.82, 2.24) is 10.2 Å². The van der Waals surface area contributed by atoms with Gasteiger partial charge in [0, 0.05) is 45.9 Å². The SMILES string of the molecule is COC1CN(C(CNC(C)C)c2ccccc2)CC1OC. The van der Waals surface area contributed by atoms with Crippen LogP contribution in [0.4, 0.5) is 0 Å². The first-order valence-electron chi connectivity index (χ1n) is 7.73. The van der Waals surface area contributed by atoms with Gasteiger partial charge in [0.1, 0.15) is 0 Å². The average Bonchev–Trinajstić information content (AvgIpc) is 2.91.